The van der Waals surface area contributed by atoms with Crippen molar-refractivity contribution in [2.24, 2.45) is 0 Å². The molecule has 0 fully saturated rings. The van der Waals surface area contributed by atoms with Crippen molar-refractivity contribution in [3.05, 3.63) is 41.7 Å². The van der Waals surface area contributed by atoms with E-state index in [9.17, 15) is 0 Å². The summed E-state index contributed by atoms with van der Waals surface area (Å²) >= 11 is 0. The van der Waals surface area contributed by atoms with Crippen LogP contribution in [0.4, 0.5) is 0 Å². The number of rotatable bonds is 6. The molecule has 0 saturated heterocycles. The van der Waals surface area contributed by atoms with Crippen molar-refractivity contribution in [2.45, 2.75) is 40.0 Å². The molecule has 0 radical (unpaired) electrons. The molecule has 0 aliphatic rings. The molecule has 0 heterocycles. The molecule has 4 nitrogen and oxygen atoms in total. The lowest BCUT2D eigenvalue weighted by molar-refractivity contribution is 0.311. The molecule has 0 aliphatic carbocycles. The second kappa shape index (κ2) is 9.81. The summed E-state index contributed by atoms with van der Waals surface area (Å²) in [7, 11) is 4.82. The first-order valence-corrected chi connectivity index (χ1v) is 8.01. The molecule has 0 unspecified atom stereocenters. The second-order valence-corrected chi connectivity index (χ2v) is 5.88. The van der Waals surface area contributed by atoms with Gasteiger partial charge in [-0.1, -0.05) is 41.2 Å². The minimum Gasteiger partial charge on any atom is -0.496 e. The molecule has 0 saturated carbocycles. The first kappa shape index (κ1) is 21.8. The maximum atomic E-state index is 7.21. The molecule has 0 aliphatic heterocycles. The highest BCUT2D eigenvalue weighted by Gasteiger charge is 2.23. The Morgan fingerprint density at radius 3 is 1.96 bits per heavy atom. The standard InChI is InChI=1S/C18H25NO3.C2H6/c1-12(15(20-5)8-9-19)13-10-17(22-7)14(18(2,3)4)11-16(13)21-6;1-2/h8-11,19H,1H2,2-7H3;1-2H3/b15-8+,19-9?;. The highest BCUT2D eigenvalue weighted by molar-refractivity contribution is 5.85. The zero-order valence-corrected chi connectivity index (χ0v) is 16.2. The molecule has 4 heteroatoms. The first-order chi connectivity index (χ1) is 11.3. The fourth-order valence-electron chi connectivity index (χ4n) is 2.22. The van der Waals surface area contributed by atoms with E-state index in [-0.39, 0.29) is 5.41 Å². The third kappa shape index (κ3) is 5.15. The molecule has 0 amide bonds. The third-order valence-corrected chi connectivity index (χ3v) is 3.41. The number of allylic oxidation sites excluding steroid dienone is 2. The van der Waals surface area contributed by atoms with E-state index in [1.807, 2.05) is 26.0 Å². The molecule has 1 N–H and O–H groups in total. The van der Waals surface area contributed by atoms with Crippen LogP contribution in [-0.2, 0) is 10.2 Å². The van der Waals surface area contributed by atoms with Crippen LogP contribution in [0.1, 0.15) is 45.7 Å². The Kier molecular flexibility index (Phi) is 8.90. The number of benzene rings is 1. The average molecular weight is 333 g/mol. The summed E-state index contributed by atoms with van der Waals surface area (Å²) in [4.78, 5) is 0. The lowest BCUT2D eigenvalue weighted by atomic mass is 9.84. The summed E-state index contributed by atoms with van der Waals surface area (Å²) in [5.74, 6) is 1.98. The Morgan fingerprint density at radius 2 is 1.58 bits per heavy atom. The van der Waals surface area contributed by atoms with E-state index < -0.39 is 0 Å². The van der Waals surface area contributed by atoms with Crippen molar-refractivity contribution in [3.63, 3.8) is 0 Å². The molecule has 0 atom stereocenters. The van der Waals surface area contributed by atoms with Gasteiger partial charge >= 0.3 is 0 Å². The van der Waals surface area contributed by atoms with Crippen LogP contribution in [0.25, 0.3) is 5.57 Å². The Hall–Kier alpha value is -2.23. The van der Waals surface area contributed by atoms with Crippen molar-refractivity contribution >= 4 is 11.8 Å². The molecule has 1 aromatic rings. The van der Waals surface area contributed by atoms with Crippen molar-refractivity contribution in [3.8, 4) is 11.5 Å². The van der Waals surface area contributed by atoms with Gasteiger partial charge < -0.3 is 19.6 Å². The van der Waals surface area contributed by atoms with Gasteiger partial charge in [-0.3, -0.25) is 0 Å². The van der Waals surface area contributed by atoms with Gasteiger partial charge in [-0.25, -0.2) is 0 Å². The average Bonchev–Trinajstić information content (AvgIpc) is 2.58. The number of hydrogen-bond donors (Lipinski definition) is 1. The molecular weight excluding hydrogens is 302 g/mol. The predicted octanol–water partition coefficient (Wildman–Crippen LogP) is 5.22. The van der Waals surface area contributed by atoms with Crippen LogP contribution in [0.5, 0.6) is 11.5 Å². The van der Waals surface area contributed by atoms with Crippen LogP contribution in [0.2, 0.25) is 0 Å². The molecule has 1 rings (SSSR count). The second-order valence-electron chi connectivity index (χ2n) is 5.88. The van der Waals surface area contributed by atoms with Gasteiger partial charge in [0.25, 0.3) is 0 Å². The number of ether oxygens (including phenoxy) is 3. The van der Waals surface area contributed by atoms with Crippen LogP contribution < -0.4 is 9.47 Å². The van der Waals surface area contributed by atoms with E-state index in [2.05, 4.69) is 27.4 Å². The smallest absolute Gasteiger partial charge is 0.127 e. The maximum absolute atomic E-state index is 7.21. The van der Waals surface area contributed by atoms with Crippen LogP contribution >= 0.6 is 0 Å². The molecule has 0 aromatic heterocycles. The van der Waals surface area contributed by atoms with E-state index in [1.165, 1.54) is 0 Å². The number of methoxy groups -OCH3 is 3. The van der Waals surface area contributed by atoms with Gasteiger partial charge in [0, 0.05) is 22.9 Å². The van der Waals surface area contributed by atoms with E-state index in [4.69, 9.17) is 19.6 Å². The fraction of sp³-hybridized carbons (Fsp3) is 0.450. The van der Waals surface area contributed by atoms with Crippen LogP contribution in [0, 0.1) is 5.41 Å². The lowest BCUT2D eigenvalue weighted by Crippen LogP contribution is -2.13. The Balaban J connectivity index is 0.00000254. The molecule has 1 aromatic carbocycles. The Labute approximate surface area is 146 Å². The number of hydrogen-bond acceptors (Lipinski definition) is 4. The van der Waals surface area contributed by atoms with E-state index in [0.29, 0.717) is 17.1 Å². The third-order valence-electron chi connectivity index (χ3n) is 3.41. The van der Waals surface area contributed by atoms with Gasteiger partial charge in [0.15, 0.2) is 0 Å². The molecule has 0 spiro atoms. The summed E-state index contributed by atoms with van der Waals surface area (Å²) in [6.07, 6.45) is 2.71. The van der Waals surface area contributed by atoms with Gasteiger partial charge in [-0.15, -0.1) is 0 Å². The molecule has 0 bridgehead atoms. The van der Waals surface area contributed by atoms with Gasteiger partial charge in [0.2, 0.25) is 0 Å². The van der Waals surface area contributed by atoms with E-state index in [1.54, 1.807) is 27.4 Å². The maximum Gasteiger partial charge on any atom is 0.127 e. The Bertz CT molecular complexity index is 596. The van der Waals surface area contributed by atoms with Gasteiger partial charge in [0.05, 0.1) is 21.3 Å². The topological polar surface area (TPSA) is 51.5 Å². The molecule has 24 heavy (non-hydrogen) atoms. The zero-order valence-electron chi connectivity index (χ0n) is 16.2. The summed E-state index contributed by atoms with van der Waals surface area (Å²) in [5, 5.41) is 7.21. The predicted molar refractivity (Wildman–Crippen MR) is 103 cm³/mol. The summed E-state index contributed by atoms with van der Waals surface area (Å²) in [6.45, 7) is 14.4. The summed E-state index contributed by atoms with van der Waals surface area (Å²) in [5.41, 5.74) is 2.40. The van der Waals surface area contributed by atoms with Crippen molar-refractivity contribution in [1.82, 2.24) is 0 Å². The number of nitrogens with one attached hydrogen (secondary N) is 1. The SMILES string of the molecule is C=C(/C(=C\C=N)OC)c1cc(OC)c(C(C)(C)C)cc1OC.CC. The van der Waals surface area contributed by atoms with Gasteiger partial charge in [-0.2, -0.15) is 0 Å². The lowest BCUT2D eigenvalue weighted by Gasteiger charge is -2.24. The Morgan fingerprint density at radius 1 is 1.04 bits per heavy atom. The van der Waals surface area contributed by atoms with E-state index >= 15 is 0 Å². The van der Waals surface area contributed by atoms with Crippen LogP contribution in [-0.4, -0.2) is 27.5 Å². The van der Waals surface area contributed by atoms with Gasteiger partial charge in [-0.05, 0) is 23.6 Å². The highest BCUT2D eigenvalue weighted by Crippen LogP contribution is 2.40. The monoisotopic (exact) mass is 333 g/mol. The summed E-state index contributed by atoms with van der Waals surface area (Å²) < 4.78 is 16.3. The molecule has 134 valence electrons. The highest BCUT2D eigenvalue weighted by atomic mass is 16.5. The largest absolute Gasteiger partial charge is 0.496 e. The van der Waals surface area contributed by atoms with Crippen LogP contribution in [0.15, 0.2) is 30.5 Å². The van der Waals surface area contributed by atoms with Crippen LogP contribution in [0.3, 0.4) is 0 Å². The zero-order chi connectivity index (χ0) is 18.9. The fourth-order valence-corrected chi connectivity index (χ4v) is 2.22. The first-order valence-electron chi connectivity index (χ1n) is 8.01. The quantitative estimate of drug-likeness (QED) is 0.441. The van der Waals surface area contributed by atoms with Gasteiger partial charge in [0.1, 0.15) is 17.3 Å². The van der Waals surface area contributed by atoms with Crippen molar-refractivity contribution < 1.29 is 14.2 Å². The van der Waals surface area contributed by atoms with E-state index in [0.717, 1.165) is 23.1 Å². The minimum atomic E-state index is -0.0760. The summed E-state index contributed by atoms with van der Waals surface area (Å²) in [6, 6.07) is 3.87. The normalized spacial score (nSPS) is 11.1. The van der Waals surface area contributed by atoms with Crippen molar-refractivity contribution in [2.75, 3.05) is 21.3 Å². The van der Waals surface area contributed by atoms with Crippen molar-refractivity contribution in [1.29, 1.82) is 5.41 Å². The minimum absolute atomic E-state index is 0.0760. The molecular formula is C20H31NO3.